The molecule has 6 aromatic rings. The van der Waals surface area contributed by atoms with E-state index in [1.807, 2.05) is 73.5 Å². The number of nitrogens with one attached hydrogen (secondary N) is 3. The summed E-state index contributed by atoms with van der Waals surface area (Å²) in [5.74, 6) is 1.48. The number of carbonyl (C=O) groups excluding carboxylic acids is 4. The predicted molar refractivity (Wildman–Crippen MR) is 347 cm³/mol. The minimum Gasteiger partial charge on any atom is -0.462 e. The van der Waals surface area contributed by atoms with Crippen molar-refractivity contribution in [3.05, 3.63) is 115 Å². The third-order valence-electron chi connectivity index (χ3n) is 15.7. The van der Waals surface area contributed by atoms with Crippen molar-refractivity contribution >= 4 is 134 Å². The number of esters is 1. The lowest BCUT2D eigenvalue weighted by molar-refractivity contribution is -0.129. The summed E-state index contributed by atoms with van der Waals surface area (Å²) in [5, 5.41) is 10.5. The molecule has 3 amide bonds. The summed E-state index contributed by atoms with van der Waals surface area (Å²) in [6.45, 7) is 19.1. The van der Waals surface area contributed by atoms with Gasteiger partial charge in [-0.15, -0.1) is 23.2 Å². The van der Waals surface area contributed by atoms with E-state index in [4.69, 9.17) is 73.8 Å². The Kier molecular flexibility index (Phi) is 24.5. The van der Waals surface area contributed by atoms with E-state index in [-0.39, 0.29) is 46.2 Å². The fraction of sp³-hybridized carbons (Fsp3) is 0.458. The van der Waals surface area contributed by atoms with E-state index in [1.54, 1.807) is 39.0 Å². The van der Waals surface area contributed by atoms with Crippen LogP contribution in [-0.4, -0.2) is 190 Å². The lowest BCUT2D eigenvalue weighted by atomic mass is 10.1. The summed E-state index contributed by atoms with van der Waals surface area (Å²) in [6, 6.07) is 23.0. The Morgan fingerprint density at radius 3 is 1.43 bits per heavy atom. The van der Waals surface area contributed by atoms with Crippen LogP contribution in [-0.2, 0) is 27.4 Å². The molecule has 12 rings (SSSR count). The number of likely N-dealkylation sites (tertiary alicyclic amines) is 2. The quantitative estimate of drug-likeness (QED) is 0.0609. The molecule has 0 bridgehead atoms. The smallest absolute Gasteiger partial charge is 0.462 e. The Hall–Kier alpha value is -5.90. The number of fused-ring (bicyclic) bond motifs is 10. The first-order chi connectivity index (χ1) is 41.6. The number of halogens is 5. The Balaban J connectivity index is 0.000000182. The van der Waals surface area contributed by atoms with Crippen molar-refractivity contribution in [2.45, 2.75) is 59.5 Å². The van der Waals surface area contributed by atoms with Gasteiger partial charge in [0.2, 0.25) is 22.7 Å². The number of hydrogen-bond acceptors (Lipinski definition) is 16. The first-order valence-electron chi connectivity index (χ1n) is 29.1. The van der Waals surface area contributed by atoms with Crippen LogP contribution in [0, 0.1) is 0 Å². The number of benzene rings is 2. The van der Waals surface area contributed by atoms with Crippen LogP contribution in [0.2, 0.25) is 0 Å². The van der Waals surface area contributed by atoms with Gasteiger partial charge < -0.3 is 55.8 Å². The number of rotatable bonds is 10. The number of alkyl halides is 2. The zero-order valence-corrected chi connectivity index (χ0v) is 53.7. The fourth-order valence-corrected chi connectivity index (χ4v) is 11.5. The van der Waals surface area contributed by atoms with Gasteiger partial charge in [0.05, 0.1) is 34.1 Å². The van der Waals surface area contributed by atoms with Crippen LogP contribution in [0.15, 0.2) is 82.4 Å². The molecule has 6 aliphatic heterocycles. The van der Waals surface area contributed by atoms with E-state index in [2.05, 4.69) is 35.6 Å². The van der Waals surface area contributed by atoms with Crippen molar-refractivity contribution in [2.75, 3.05) is 137 Å². The number of carbonyl (C=O) groups is 4. The van der Waals surface area contributed by atoms with Crippen molar-refractivity contribution in [1.29, 1.82) is 0 Å². The molecular formula is C59H74AlCl5N14O7. The van der Waals surface area contributed by atoms with Gasteiger partial charge in [-0.1, -0.05) is 36.4 Å². The molecule has 4 aromatic heterocycles. The van der Waals surface area contributed by atoms with Crippen molar-refractivity contribution in [2.24, 2.45) is 5.73 Å². The first-order valence-corrected chi connectivity index (χ1v) is 35.4. The topological polar surface area (TPSA) is 229 Å². The standard InChI is InChI=1S/C28H33N7O3.C24H25N5O4.C6H14N2.CH2Cl2.Al.3ClH/c1-19(36)33-14-16-34(17-15-33)23-9-8-21-25(37)24(28(38)29-10-13-32-11-4-5-12-32)27-30-18-20-6-2-3-7-22(20)35(27)26(21)31-23;1-3-33-24(32)20-21(31)17-8-9-19(28-12-10-27(11-13-28)15(2)30)26-22(17)29-18-7-5-4-6-16(18)14-25-23(20)29;7-3-6-8-4-1-2-5-8;2-1-3;;;;/h2-3,6-9,30H,4-5,10-18H2,1H3,(H,29,38);4-9,25H,3,10-14H2,1-2H3;1-7H2;1H2;;3*1H/q;;;;+3;;;/p-3. The summed E-state index contributed by atoms with van der Waals surface area (Å²) in [4.78, 5) is 99.2. The average molecular weight is 1300 g/mol. The summed E-state index contributed by atoms with van der Waals surface area (Å²) >= 11 is 7.81. The molecule has 4 fully saturated rings. The number of pyridine rings is 4. The maximum Gasteiger partial charge on any atom is 0.643 e. The van der Waals surface area contributed by atoms with Crippen LogP contribution in [0.3, 0.4) is 0 Å². The average Bonchev–Trinajstić information content (AvgIpc) is 0.855. The highest BCUT2D eigenvalue weighted by Gasteiger charge is 2.32. The molecule has 6 aliphatic rings. The summed E-state index contributed by atoms with van der Waals surface area (Å²) < 4.78 is 8.97. The SMILES string of the molecule is CC(=O)N1CCN(c2ccc3c(=O)c(C(=O)NCCN4CCCC4)c4n(c3n2)-c2ccccc2CN4)CC1.CCOC(=O)c1c2n(c3nc(N4CCN(C(C)=O)CC4)ccc3c1=O)-c1ccccc1CN2.ClCCl.NCCN1CCCC1.[Cl][Al]([Cl])[Cl]. The van der Waals surface area contributed by atoms with Gasteiger partial charge in [0, 0.05) is 105 Å². The lowest BCUT2D eigenvalue weighted by Gasteiger charge is -2.35. The van der Waals surface area contributed by atoms with Gasteiger partial charge in [0.1, 0.15) is 34.4 Å². The third kappa shape index (κ3) is 16.0. The molecule has 27 heteroatoms. The Morgan fingerprint density at radius 1 is 0.605 bits per heavy atom. The molecule has 0 unspecified atom stereocenters. The molecule has 10 heterocycles. The second-order valence-corrected chi connectivity index (χ2v) is 28.3. The Morgan fingerprint density at radius 2 is 1.01 bits per heavy atom. The number of para-hydroxylation sites is 2. The van der Waals surface area contributed by atoms with Gasteiger partial charge in [-0.3, -0.25) is 33.1 Å². The summed E-state index contributed by atoms with van der Waals surface area (Å²) in [5.41, 5.74) is 9.63. The molecule has 0 saturated carbocycles. The van der Waals surface area contributed by atoms with Crippen molar-refractivity contribution in [1.82, 2.24) is 44.0 Å². The number of anilines is 4. The zero-order chi connectivity index (χ0) is 61.4. The largest absolute Gasteiger partial charge is 0.643 e. The van der Waals surface area contributed by atoms with E-state index < -0.39 is 22.8 Å². The van der Waals surface area contributed by atoms with E-state index in [1.165, 1.54) is 38.8 Å². The van der Waals surface area contributed by atoms with Gasteiger partial charge in [-0.2, -0.15) is 0 Å². The number of ether oxygens (including phenoxy) is 1. The minimum absolute atomic E-state index is 0.0107. The van der Waals surface area contributed by atoms with Crippen molar-refractivity contribution < 1.29 is 23.9 Å². The van der Waals surface area contributed by atoms with Gasteiger partial charge >= 0.3 is 17.4 Å². The number of hydrogen-bond donors (Lipinski definition) is 4. The van der Waals surface area contributed by atoms with E-state index in [0.29, 0.717) is 106 Å². The molecule has 0 radical (unpaired) electrons. The molecule has 0 spiro atoms. The first kappa shape index (κ1) is 66.1. The highest BCUT2D eigenvalue weighted by molar-refractivity contribution is 7.54. The lowest BCUT2D eigenvalue weighted by Crippen LogP contribution is -2.48. The van der Waals surface area contributed by atoms with Crippen molar-refractivity contribution in [3.63, 3.8) is 0 Å². The second-order valence-electron chi connectivity index (χ2n) is 21.0. The molecule has 0 aliphatic carbocycles. The minimum atomic E-state index is -1.72. The van der Waals surface area contributed by atoms with Crippen LogP contribution in [0.5, 0.6) is 0 Å². The predicted octanol–water partition coefficient (Wildman–Crippen LogP) is 7.11. The van der Waals surface area contributed by atoms with Gasteiger partial charge in [0.25, 0.3) is 5.91 Å². The number of nitrogens with two attached hydrogens (primary N) is 1. The van der Waals surface area contributed by atoms with Crippen LogP contribution in [0.1, 0.15) is 78.3 Å². The highest BCUT2D eigenvalue weighted by atomic mass is 35.8. The van der Waals surface area contributed by atoms with Gasteiger partial charge in [-0.25, -0.2) is 44.9 Å². The van der Waals surface area contributed by atoms with Crippen LogP contribution in [0.4, 0.5) is 23.3 Å². The number of piperazine rings is 2. The van der Waals surface area contributed by atoms with Crippen molar-refractivity contribution in [3.8, 4) is 11.4 Å². The third-order valence-corrected chi connectivity index (χ3v) is 15.7. The maximum absolute atomic E-state index is 13.8. The summed E-state index contributed by atoms with van der Waals surface area (Å²) in [7, 11) is 14.8. The van der Waals surface area contributed by atoms with Crippen LogP contribution < -0.4 is 42.3 Å². The van der Waals surface area contributed by atoms with E-state index in [0.717, 1.165) is 66.9 Å². The monoisotopic (exact) mass is 1290 g/mol. The normalized spacial score (nSPS) is 15.9. The molecule has 86 heavy (non-hydrogen) atoms. The van der Waals surface area contributed by atoms with E-state index >= 15 is 0 Å². The molecule has 0 atom stereocenters. The highest BCUT2D eigenvalue weighted by Crippen LogP contribution is 2.34. The van der Waals surface area contributed by atoms with Gasteiger partial charge in [-0.05, 0) is 106 Å². The number of amides is 3. The fourth-order valence-electron chi connectivity index (χ4n) is 11.5. The molecular weight excluding hydrogens is 1220 g/mol. The molecule has 2 aromatic carbocycles. The van der Waals surface area contributed by atoms with Gasteiger partial charge in [0.15, 0.2) is 11.3 Å². The number of aromatic nitrogens is 4. The maximum atomic E-state index is 13.8. The zero-order valence-electron chi connectivity index (χ0n) is 48.8. The molecule has 21 nitrogen and oxygen atoms in total. The molecule has 460 valence electrons. The van der Waals surface area contributed by atoms with Crippen LogP contribution in [0.25, 0.3) is 33.4 Å². The Labute approximate surface area is 527 Å². The molecule has 4 saturated heterocycles. The summed E-state index contributed by atoms with van der Waals surface area (Å²) in [6.07, 6.45) is 5.14. The Bertz CT molecular complexity index is 3480. The number of nitrogens with zero attached hydrogens (tertiary/aromatic N) is 10. The van der Waals surface area contributed by atoms with E-state index in [9.17, 15) is 28.8 Å². The molecule has 5 N–H and O–H groups in total. The second kappa shape index (κ2) is 31.8. The van der Waals surface area contributed by atoms with Crippen LogP contribution >= 0.6 is 53.3 Å².